The molecule has 1 amide bonds. The number of hydrogen-bond donors (Lipinski definition) is 3. The first-order valence-electron chi connectivity index (χ1n) is 8.40. The van der Waals surface area contributed by atoms with Crippen molar-refractivity contribution in [3.05, 3.63) is 59.7 Å². The van der Waals surface area contributed by atoms with Crippen LogP contribution in [0.5, 0.6) is 0 Å². The summed E-state index contributed by atoms with van der Waals surface area (Å²) >= 11 is 5.19. The van der Waals surface area contributed by atoms with Crippen molar-refractivity contribution in [1.82, 2.24) is 16.2 Å². The second-order valence-corrected chi connectivity index (χ2v) is 7.72. The van der Waals surface area contributed by atoms with E-state index in [1.807, 2.05) is 45.0 Å². The molecule has 0 aromatic heterocycles. The number of carbonyl (C=O) groups excluding carboxylic acids is 1. The summed E-state index contributed by atoms with van der Waals surface area (Å²) in [7, 11) is 0. The molecule has 2 aromatic rings. The Labute approximate surface area is 154 Å². The number of benzene rings is 2. The summed E-state index contributed by atoms with van der Waals surface area (Å²) in [6, 6.07) is 16.6. The van der Waals surface area contributed by atoms with E-state index in [1.54, 1.807) is 0 Å². The Hall–Kier alpha value is -2.40. The maximum Gasteiger partial charge on any atom is 0.239 e. The van der Waals surface area contributed by atoms with Gasteiger partial charge in [-0.3, -0.25) is 15.6 Å². The van der Waals surface area contributed by atoms with E-state index >= 15 is 0 Å². The highest BCUT2D eigenvalue weighted by Gasteiger charge is 2.29. The van der Waals surface area contributed by atoms with Gasteiger partial charge >= 0.3 is 0 Å². The molecule has 0 saturated carbocycles. The average molecular weight is 353 g/mol. The van der Waals surface area contributed by atoms with E-state index in [-0.39, 0.29) is 17.4 Å². The molecule has 0 fully saturated rings. The summed E-state index contributed by atoms with van der Waals surface area (Å²) in [5.74, 6) is -0.0205. The van der Waals surface area contributed by atoms with Gasteiger partial charge in [-0.2, -0.15) is 0 Å². The minimum Gasteiger partial charge on any atom is -0.357 e. The van der Waals surface area contributed by atoms with Crippen LogP contribution in [0.1, 0.15) is 44.2 Å². The van der Waals surface area contributed by atoms with Gasteiger partial charge in [0.05, 0.1) is 0 Å². The minimum absolute atomic E-state index is 0.0679. The van der Waals surface area contributed by atoms with Gasteiger partial charge in [-0.1, -0.05) is 48.5 Å². The van der Waals surface area contributed by atoms with Crippen LogP contribution in [-0.2, 0) is 4.79 Å². The van der Waals surface area contributed by atoms with Gasteiger partial charge in [0.25, 0.3) is 0 Å². The van der Waals surface area contributed by atoms with E-state index in [4.69, 9.17) is 12.2 Å². The van der Waals surface area contributed by atoms with Crippen molar-refractivity contribution < 1.29 is 4.79 Å². The summed E-state index contributed by atoms with van der Waals surface area (Å²) in [6.45, 7) is 6.03. The van der Waals surface area contributed by atoms with Gasteiger partial charge in [-0.15, -0.1) is 0 Å². The molecule has 1 aliphatic carbocycles. The van der Waals surface area contributed by atoms with E-state index in [0.29, 0.717) is 11.5 Å². The fraction of sp³-hybridized carbons (Fsp3) is 0.300. The summed E-state index contributed by atoms with van der Waals surface area (Å²) in [5.41, 5.74) is 10.2. The van der Waals surface area contributed by atoms with Gasteiger partial charge < -0.3 is 5.32 Å². The highest BCUT2D eigenvalue weighted by Crippen LogP contribution is 2.45. The Morgan fingerprint density at radius 2 is 1.48 bits per heavy atom. The van der Waals surface area contributed by atoms with Crippen LogP contribution in [0, 0.1) is 0 Å². The number of thiocarbonyl (C=S) groups is 1. The van der Waals surface area contributed by atoms with Gasteiger partial charge in [0, 0.05) is 17.9 Å². The van der Waals surface area contributed by atoms with Crippen LogP contribution in [0.4, 0.5) is 0 Å². The minimum atomic E-state index is -0.155. The van der Waals surface area contributed by atoms with E-state index in [0.717, 1.165) is 0 Å². The Morgan fingerprint density at radius 1 is 0.960 bits per heavy atom. The fourth-order valence-corrected chi connectivity index (χ4v) is 3.57. The van der Waals surface area contributed by atoms with Crippen molar-refractivity contribution >= 4 is 23.2 Å². The Bertz CT molecular complexity index is 765. The SMILES string of the molecule is CC(C)(C)NC(=S)NNC(=O)CC1c2ccccc2-c2ccccc21. The first-order chi connectivity index (χ1) is 11.8. The topological polar surface area (TPSA) is 53.2 Å². The van der Waals surface area contributed by atoms with Crippen molar-refractivity contribution in [3.63, 3.8) is 0 Å². The van der Waals surface area contributed by atoms with Crippen LogP contribution < -0.4 is 16.2 Å². The summed E-state index contributed by atoms with van der Waals surface area (Å²) < 4.78 is 0. The number of nitrogens with one attached hydrogen (secondary N) is 3. The number of carbonyl (C=O) groups is 1. The second kappa shape index (κ2) is 6.84. The molecule has 0 saturated heterocycles. The van der Waals surface area contributed by atoms with Gasteiger partial charge in [-0.05, 0) is 55.2 Å². The molecule has 25 heavy (non-hydrogen) atoms. The lowest BCUT2D eigenvalue weighted by Crippen LogP contribution is -2.52. The lowest BCUT2D eigenvalue weighted by molar-refractivity contribution is -0.121. The largest absolute Gasteiger partial charge is 0.357 e. The van der Waals surface area contributed by atoms with Gasteiger partial charge in [0.15, 0.2) is 5.11 Å². The van der Waals surface area contributed by atoms with Gasteiger partial charge in [-0.25, -0.2) is 0 Å². The summed E-state index contributed by atoms with van der Waals surface area (Å²) in [6.07, 6.45) is 0.374. The molecule has 0 spiro atoms. The molecule has 0 unspecified atom stereocenters. The van der Waals surface area contributed by atoms with Crippen LogP contribution in [0.3, 0.4) is 0 Å². The third kappa shape index (κ3) is 3.99. The molecule has 0 heterocycles. The highest BCUT2D eigenvalue weighted by atomic mass is 32.1. The smallest absolute Gasteiger partial charge is 0.239 e. The normalized spacial score (nSPS) is 12.9. The van der Waals surface area contributed by atoms with E-state index < -0.39 is 0 Å². The van der Waals surface area contributed by atoms with Crippen molar-refractivity contribution in [2.45, 2.75) is 38.6 Å². The molecule has 3 rings (SSSR count). The molecule has 1 aliphatic rings. The van der Waals surface area contributed by atoms with Crippen LogP contribution in [0.2, 0.25) is 0 Å². The van der Waals surface area contributed by atoms with Crippen molar-refractivity contribution in [2.75, 3.05) is 0 Å². The molecule has 5 heteroatoms. The molecule has 0 aliphatic heterocycles. The Kier molecular flexibility index (Phi) is 4.77. The highest BCUT2D eigenvalue weighted by molar-refractivity contribution is 7.80. The average Bonchev–Trinajstić information content (AvgIpc) is 2.86. The Morgan fingerprint density at radius 3 is 2.00 bits per heavy atom. The van der Waals surface area contributed by atoms with Crippen molar-refractivity contribution in [2.24, 2.45) is 0 Å². The first-order valence-corrected chi connectivity index (χ1v) is 8.81. The molecular weight excluding hydrogens is 330 g/mol. The van der Waals surface area contributed by atoms with Crippen LogP contribution >= 0.6 is 12.2 Å². The standard InChI is InChI=1S/C20H23N3OS/c1-20(2,3)21-19(25)23-22-18(24)12-17-15-10-6-4-8-13(15)14-9-5-7-11-16(14)17/h4-11,17H,12H2,1-3H3,(H,22,24)(H2,21,23,25). The monoisotopic (exact) mass is 353 g/mol. The molecule has 0 radical (unpaired) electrons. The molecular formula is C20H23N3OS. The molecule has 4 nitrogen and oxygen atoms in total. The van der Waals surface area contributed by atoms with Crippen LogP contribution in [0.15, 0.2) is 48.5 Å². The number of hydrazine groups is 1. The first kappa shape index (κ1) is 17.4. The number of amides is 1. The molecule has 0 bridgehead atoms. The van der Waals surface area contributed by atoms with Crippen LogP contribution in [0.25, 0.3) is 11.1 Å². The fourth-order valence-electron chi connectivity index (χ4n) is 3.21. The number of rotatable bonds is 2. The van der Waals surface area contributed by atoms with Crippen LogP contribution in [-0.4, -0.2) is 16.6 Å². The van der Waals surface area contributed by atoms with E-state index in [2.05, 4.69) is 40.4 Å². The maximum atomic E-state index is 12.4. The lowest BCUT2D eigenvalue weighted by Gasteiger charge is -2.23. The lowest BCUT2D eigenvalue weighted by atomic mass is 9.93. The molecule has 130 valence electrons. The van der Waals surface area contributed by atoms with Crippen molar-refractivity contribution in [3.8, 4) is 11.1 Å². The zero-order valence-electron chi connectivity index (χ0n) is 14.7. The predicted octanol–water partition coefficient (Wildman–Crippen LogP) is 3.48. The molecule has 3 N–H and O–H groups in total. The predicted molar refractivity (Wildman–Crippen MR) is 105 cm³/mol. The van der Waals surface area contributed by atoms with Gasteiger partial charge in [0.2, 0.25) is 5.91 Å². The second-order valence-electron chi connectivity index (χ2n) is 7.31. The number of fused-ring (bicyclic) bond motifs is 3. The third-order valence-electron chi connectivity index (χ3n) is 4.16. The summed E-state index contributed by atoms with van der Waals surface area (Å²) in [4.78, 5) is 12.4. The zero-order valence-corrected chi connectivity index (χ0v) is 15.5. The van der Waals surface area contributed by atoms with E-state index in [1.165, 1.54) is 22.3 Å². The third-order valence-corrected chi connectivity index (χ3v) is 4.36. The Balaban J connectivity index is 1.69. The zero-order chi connectivity index (χ0) is 18.0. The van der Waals surface area contributed by atoms with Crippen molar-refractivity contribution in [1.29, 1.82) is 0 Å². The maximum absolute atomic E-state index is 12.4. The molecule has 0 atom stereocenters. The summed E-state index contributed by atoms with van der Waals surface area (Å²) in [5, 5.41) is 3.52. The molecule has 2 aromatic carbocycles. The van der Waals surface area contributed by atoms with Gasteiger partial charge in [0.1, 0.15) is 0 Å². The quantitative estimate of drug-likeness (QED) is 0.571. The van der Waals surface area contributed by atoms with E-state index in [9.17, 15) is 4.79 Å². The number of hydrogen-bond acceptors (Lipinski definition) is 2.